The molecule has 0 aliphatic rings. The van der Waals surface area contributed by atoms with Gasteiger partial charge in [0.2, 0.25) is 0 Å². The smallest absolute Gasteiger partial charge is 0.251 e. The molecule has 0 bridgehead atoms. The monoisotopic (exact) mass is 447 g/mol. The summed E-state index contributed by atoms with van der Waals surface area (Å²) in [5.41, 5.74) is 3.18. The summed E-state index contributed by atoms with van der Waals surface area (Å²) in [4.78, 5) is 18.2. The van der Waals surface area contributed by atoms with Crippen LogP contribution < -0.4 is 10.1 Å². The first-order valence-corrected chi connectivity index (χ1v) is 10.9. The number of halogens is 2. The zero-order valence-corrected chi connectivity index (χ0v) is 19.0. The number of methoxy groups -OCH3 is 1. The highest BCUT2D eigenvalue weighted by Crippen LogP contribution is 2.35. The molecule has 1 heterocycles. The maximum atomic E-state index is 12.5. The zero-order chi connectivity index (χ0) is 21.7. The lowest BCUT2D eigenvalue weighted by Gasteiger charge is -2.17. The minimum absolute atomic E-state index is 0.102. The molecule has 160 valence electrons. The average Bonchev–Trinajstić information content (AvgIpc) is 3.15. The van der Waals surface area contributed by atoms with Crippen molar-refractivity contribution in [1.82, 2.24) is 15.2 Å². The Hall–Kier alpha value is -2.21. The summed E-state index contributed by atoms with van der Waals surface area (Å²) < 4.78 is 5.56. The van der Waals surface area contributed by atoms with Gasteiger partial charge in [0.05, 0.1) is 22.8 Å². The van der Waals surface area contributed by atoms with E-state index in [4.69, 9.17) is 27.9 Å². The summed E-state index contributed by atoms with van der Waals surface area (Å²) in [6, 6.07) is 11.1. The summed E-state index contributed by atoms with van der Waals surface area (Å²) >= 11 is 12.2. The van der Waals surface area contributed by atoms with Gasteiger partial charge in [-0.05, 0) is 62.5 Å². The van der Waals surface area contributed by atoms with Crippen LogP contribution in [0.5, 0.6) is 5.75 Å². The molecule has 0 unspecified atom stereocenters. The second kappa shape index (κ2) is 10.2. The van der Waals surface area contributed by atoms with Gasteiger partial charge in [0, 0.05) is 28.6 Å². The predicted molar refractivity (Wildman–Crippen MR) is 125 cm³/mol. The Morgan fingerprint density at radius 3 is 2.53 bits per heavy atom. The molecule has 7 heteroatoms. The molecular weight excluding hydrogens is 421 g/mol. The van der Waals surface area contributed by atoms with Crippen LogP contribution in [0.15, 0.2) is 36.4 Å². The minimum Gasteiger partial charge on any atom is -0.496 e. The van der Waals surface area contributed by atoms with Crippen molar-refractivity contribution in [2.45, 2.75) is 20.3 Å². The Bertz CT molecular complexity index is 990. The molecule has 1 aromatic heterocycles. The molecule has 0 aliphatic carbocycles. The van der Waals surface area contributed by atoms with Crippen molar-refractivity contribution in [1.29, 1.82) is 0 Å². The van der Waals surface area contributed by atoms with Gasteiger partial charge in [-0.3, -0.25) is 4.79 Å². The Morgan fingerprint density at radius 2 is 1.83 bits per heavy atom. The van der Waals surface area contributed by atoms with Crippen LogP contribution in [0.3, 0.4) is 0 Å². The quantitative estimate of drug-likeness (QED) is 0.419. The van der Waals surface area contributed by atoms with Gasteiger partial charge < -0.3 is 19.9 Å². The highest BCUT2D eigenvalue weighted by molar-refractivity contribution is 6.42. The van der Waals surface area contributed by atoms with Crippen molar-refractivity contribution in [2.75, 3.05) is 33.3 Å². The van der Waals surface area contributed by atoms with E-state index in [0.29, 0.717) is 27.9 Å². The molecule has 3 rings (SSSR count). The van der Waals surface area contributed by atoms with Crippen LogP contribution in [0.25, 0.3) is 22.2 Å². The van der Waals surface area contributed by atoms with Gasteiger partial charge in [-0.25, -0.2) is 0 Å². The first kappa shape index (κ1) is 22.5. The molecule has 30 heavy (non-hydrogen) atoms. The van der Waals surface area contributed by atoms with Gasteiger partial charge in [0.15, 0.2) is 0 Å². The molecular formula is C23H27Cl2N3O2. The van der Waals surface area contributed by atoms with Crippen LogP contribution in [0.4, 0.5) is 0 Å². The molecule has 0 atom stereocenters. The van der Waals surface area contributed by atoms with E-state index >= 15 is 0 Å². The van der Waals surface area contributed by atoms with Crippen LogP contribution in [-0.2, 0) is 0 Å². The highest BCUT2D eigenvalue weighted by Gasteiger charge is 2.14. The third-order valence-electron chi connectivity index (χ3n) is 5.25. The van der Waals surface area contributed by atoms with E-state index in [2.05, 4.69) is 29.0 Å². The number of rotatable bonds is 9. The number of benzene rings is 2. The number of hydrogen-bond acceptors (Lipinski definition) is 3. The number of H-pyrrole nitrogens is 1. The number of carbonyl (C=O) groups excluding carboxylic acids is 1. The maximum Gasteiger partial charge on any atom is 0.251 e. The Labute approximate surface area is 187 Å². The van der Waals surface area contributed by atoms with Gasteiger partial charge in [-0.1, -0.05) is 37.0 Å². The van der Waals surface area contributed by atoms with Crippen LogP contribution in [-0.4, -0.2) is 49.1 Å². The lowest BCUT2D eigenvalue weighted by Crippen LogP contribution is -2.29. The molecule has 0 saturated carbocycles. The van der Waals surface area contributed by atoms with E-state index in [9.17, 15) is 4.79 Å². The van der Waals surface area contributed by atoms with Crippen LogP contribution in [0.2, 0.25) is 10.0 Å². The molecule has 1 amide bonds. The number of nitrogens with zero attached hydrogens (tertiary/aromatic N) is 1. The highest BCUT2D eigenvalue weighted by atomic mass is 35.5. The van der Waals surface area contributed by atoms with Crippen molar-refractivity contribution in [3.8, 4) is 17.0 Å². The summed E-state index contributed by atoms with van der Waals surface area (Å²) in [6.07, 6.45) is 0.919. The number of ether oxygens (including phenoxy) is 1. The Kier molecular flexibility index (Phi) is 7.64. The van der Waals surface area contributed by atoms with Crippen LogP contribution >= 0.6 is 23.2 Å². The molecule has 0 saturated heterocycles. The number of carbonyl (C=O) groups is 1. The number of nitrogens with one attached hydrogen (secondary N) is 2. The van der Waals surface area contributed by atoms with Gasteiger partial charge in [0.25, 0.3) is 5.91 Å². The molecule has 0 radical (unpaired) electrons. The van der Waals surface area contributed by atoms with E-state index in [1.54, 1.807) is 19.2 Å². The van der Waals surface area contributed by atoms with Crippen molar-refractivity contribution in [3.05, 3.63) is 52.0 Å². The van der Waals surface area contributed by atoms with Crippen molar-refractivity contribution < 1.29 is 9.53 Å². The van der Waals surface area contributed by atoms with Crippen molar-refractivity contribution in [2.24, 2.45) is 0 Å². The third-order valence-corrected chi connectivity index (χ3v) is 5.97. The third kappa shape index (κ3) is 5.09. The minimum atomic E-state index is -0.102. The van der Waals surface area contributed by atoms with Crippen LogP contribution in [0, 0.1) is 0 Å². The molecule has 0 fully saturated rings. The van der Waals surface area contributed by atoms with Crippen molar-refractivity contribution >= 4 is 40.0 Å². The van der Waals surface area contributed by atoms with E-state index in [0.717, 1.165) is 48.2 Å². The van der Waals surface area contributed by atoms with E-state index in [1.165, 1.54) is 0 Å². The molecule has 0 aliphatic heterocycles. The largest absolute Gasteiger partial charge is 0.496 e. The summed E-state index contributed by atoms with van der Waals surface area (Å²) in [6.45, 7) is 7.95. The van der Waals surface area contributed by atoms with Gasteiger partial charge in [-0.2, -0.15) is 0 Å². The summed E-state index contributed by atoms with van der Waals surface area (Å²) in [7, 11) is 1.60. The van der Waals surface area contributed by atoms with Gasteiger partial charge in [-0.15, -0.1) is 0 Å². The number of hydrogen-bond donors (Lipinski definition) is 2. The second-order valence-electron chi connectivity index (χ2n) is 7.09. The molecule has 2 N–H and O–H groups in total. The summed E-state index contributed by atoms with van der Waals surface area (Å²) in [5.74, 6) is 0.518. The number of fused-ring (bicyclic) bond motifs is 1. The second-order valence-corrected chi connectivity index (χ2v) is 7.90. The zero-order valence-electron chi connectivity index (χ0n) is 17.5. The lowest BCUT2D eigenvalue weighted by atomic mass is 10.1. The van der Waals surface area contributed by atoms with E-state index < -0.39 is 0 Å². The predicted octanol–water partition coefficient (Wildman–Crippen LogP) is 5.61. The SMILES string of the molecule is CCN(CC)CCCNC(=O)c1ccc(-c2cc3cc(Cl)c(Cl)cc3[nH]2)c(OC)c1. The molecule has 0 spiro atoms. The van der Waals surface area contributed by atoms with E-state index in [1.807, 2.05) is 24.3 Å². The number of aromatic amines is 1. The number of aromatic nitrogens is 1. The Morgan fingerprint density at radius 1 is 1.10 bits per heavy atom. The fraction of sp³-hybridized carbons (Fsp3) is 0.348. The normalized spacial score (nSPS) is 11.3. The first-order chi connectivity index (χ1) is 14.5. The summed E-state index contributed by atoms with van der Waals surface area (Å²) in [5, 5.41) is 4.95. The van der Waals surface area contributed by atoms with Crippen LogP contribution in [0.1, 0.15) is 30.6 Å². The molecule has 5 nitrogen and oxygen atoms in total. The number of amides is 1. The Balaban J connectivity index is 1.74. The first-order valence-electron chi connectivity index (χ1n) is 10.1. The van der Waals surface area contributed by atoms with Crippen molar-refractivity contribution in [3.63, 3.8) is 0 Å². The standard InChI is InChI=1S/C23H27Cl2N3O2/c1-4-28(5-2)10-6-9-26-23(29)15-7-8-17(22(13-15)30-3)21-12-16-11-18(24)19(25)14-20(16)27-21/h7-8,11-14,27H,4-6,9-10H2,1-3H3,(H,26,29). The fourth-order valence-corrected chi connectivity index (χ4v) is 3.81. The van der Waals surface area contributed by atoms with Gasteiger partial charge in [0.1, 0.15) is 5.75 Å². The average molecular weight is 448 g/mol. The lowest BCUT2D eigenvalue weighted by molar-refractivity contribution is 0.0951. The fourth-order valence-electron chi connectivity index (χ4n) is 3.47. The van der Waals surface area contributed by atoms with E-state index in [-0.39, 0.29) is 5.91 Å². The topological polar surface area (TPSA) is 57.4 Å². The molecule has 3 aromatic rings. The van der Waals surface area contributed by atoms with Gasteiger partial charge >= 0.3 is 0 Å². The molecule has 2 aromatic carbocycles. The maximum absolute atomic E-state index is 12.5.